The first-order valence-electron chi connectivity index (χ1n) is 9.08. The predicted molar refractivity (Wildman–Crippen MR) is 93.3 cm³/mol. The monoisotopic (exact) mass is 321 g/mol. The number of ether oxygens (including phenoxy) is 1. The van der Waals surface area contributed by atoms with Crippen LogP contribution in [0.1, 0.15) is 93.7 Å². The number of aryl methyl sites for hydroxylation is 1. The first-order valence-corrected chi connectivity index (χ1v) is 9.08. The van der Waals surface area contributed by atoms with E-state index < -0.39 is 6.10 Å². The summed E-state index contributed by atoms with van der Waals surface area (Å²) in [6.07, 6.45) is 9.65. The van der Waals surface area contributed by atoms with Crippen LogP contribution in [0.4, 0.5) is 0 Å². The van der Waals surface area contributed by atoms with Gasteiger partial charge in [-0.3, -0.25) is 4.79 Å². The molecule has 4 nitrogen and oxygen atoms in total. The Morgan fingerprint density at radius 1 is 1.17 bits per heavy atom. The Bertz CT molecular complexity index is 564. The molecule has 1 aromatic heterocycles. The number of aliphatic hydroxyl groups excluding tert-OH is 1. The van der Waals surface area contributed by atoms with Gasteiger partial charge < -0.3 is 14.8 Å². The fourth-order valence-electron chi connectivity index (χ4n) is 3.76. The molecule has 2 N–H and O–H groups in total. The molecule has 0 saturated heterocycles. The van der Waals surface area contributed by atoms with E-state index in [4.69, 9.17) is 4.74 Å². The Balaban J connectivity index is 2.10. The van der Waals surface area contributed by atoms with E-state index >= 15 is 0 Å². The van der Waals surface area contributed by atoms with Gasteiger partial charge in [-0.1, -0.05) is 45.4 Å². The minimum Gasteiger partial charge on any atom is -0.491 e. The maximum absolute atomic E-state index is 12.7. The van der Waals surface area contributed by atoms with E-state index in [2.05, 4.69) is 11.9 Å². The molecule has 0 saturated carbocycles. The van der Waals surface area contributed by atoms with Gasteiger partial charge in [-0.05, 0) is 32.1 Å². The number of hydrogen-bond acceptors (Lipinski definition) is 3. The molecule has 130 valence electrons. The van der Waals surface area contributed by atoms with Crippen LogP contribution in [0.3, 0.4) is 0 Å². The van der Waals surface area contributed by atoms with Crippen LogP contribution in [-0.2, 0) is 0 Å². The molecule has 1 heterocycles. The average molecular weight is 321 g/mol. The molecule has 2 atom stereocenters. The lowest BCUT2D eigenvalue weighted by Crippen LogP contribution is -2.26. The molecule has 0 bridgehead atoms. The summed E-state index contributed by atoms with van der Waals surface area (Å²) in [6.45, 7) is 4.05. The summed E-state index contributed by atoms with van der Waals surface area (Å²) in [5, 5.41) is 10.2. The molecule has 0 amide bonds. The highest BCUT2D eigenvalue weighted by molar-refractivity contribution is 5.39. The highest BCUT2D eigenvalue weighted by atomic mass is 16.5. The minimum absolute atomic E-state index is 0.0338. The normalized spacial score (nSPS) is 20.3. The topological polar surface area (TPSA) is 62.3 Å². The molecule has 4 heteroatoms. The van der Waals surface area contributed by atoms with E-state index in [0.717, 1.165) is 36.9 Å². The van der Waals surface area contributed by atoms with E-state index in [0.29, 0.717) is 11.4 Å². The molecule has 0 fully saturated rings. The van der Waals surface area contributed by atoms with E-state index in [1.54, 1.807) is 0 Å². The molecule has 0 aromatic carbocycles. The summed E-state index contributed by atoms with van der Waals surface area (Å²) < 4.78 is 5.27. The lowest BCUT2D eigenvalue weighted by Gasteiger charge is -2.29. The van der Waals surface area contributed by atoms with Gasteiger partial charge in [-0.25, -0.2) is 0 Å². The van der Waals surface area contributed by atoms with Crippen LogP contribution < -0.4 is 10.2 Å². The van der Waals surface area contributed by atoms with Gasteiger partial charge in [0.25, 0.3) is 0 Å². The number of methoxy groups -OCH3 is 1. The third-order valence-corrected chi connectivity index (χ3v) is 5.04. The molecule has 23 heavy (non-hydrogen) atoms. The van der Waals surface area contributed by atoms with Crippen molar-refractivity contribution in [1.82, 2.24) is 4.98 Å². The van der Waals surface area contributed by atoms with Crippen LogP contribution in [0.15, 0.2) is 4.79 Å². The number of unbranched alkanes of at least 4 members (excludes halogenated alkanes) is 5. The van der Waals surface area contributed by atoms with Crippen LogP contribution >= 0.6 is 0 Å². The van der Waals surface area contributed by atoms with E-state index in [-0.39, 0.29) is 11.3 Å². The summed E-state index contributed by atoms with van der Waals surface area (Å²) in [7, 11) is 1.53. The second-order valence-corrected chi connectivity index (χ2v) is 6.79. The molecule has 0 radical (unpaired) electrons. The quantitative estimate of drug-likeness (QED) is 0.700. The van der Waals surface area contributed by atoms with Crippen LogP contribution in [0, 0.1) is 6.92 Å². The number of nitrogens with one attached hydrogen (secondary N) is 1. The third-order valence-electron chi connectivity index (χ3n) is 5.04. The number of hydrogen-bond donors (Lipinski definition) is 2. The number of H-pyrrole nitrogens is 1. The van der Waals surface area contributed by atoms with Crippen molar-refractivity contribution in [2.24, 2.45) is 0 Å². The fraction of sp³-hybridized carbons (Fsp3) is 0.737. The van der Waals surface area contributed by atoms with Crippen molar-refractivity contribution < 1.29 is 9.84 Å². The lowest BCUT2D eigenvalue weighted by molar-refractivity contribution is 0.143. The van der Waals surface area contributed by atoms with E-state index in [1.165, 1.54) is 39.2 Å². The molecule has 0 spiro atoms. The van der Waals surface area contributed by atoms with Crippen LogP contribution in [0.5, 0.6) is 5.75 Å². The Labute approximate surface area is 139 Å². The van der Waals surface area contributed by atoms with Gasteiger partial charge in [-0.2, -0.15) is 0 Å². The smallest absolute Gasteiger partial charge is 0.227 e. The van der Waals surface area contributed by atoms with Crippen molar-refractivity contribution >= 4 is 0 Å². The molecule has 0 aliphatic heterocycles. The average Bonchev–Trinajstić information content (AvgIpc) is 2.53. The van der Waals surface area contributed by atoms with Crippen molar-refractivity contribution in [3.63, 3.8) is 0 Å². The summed E-state index contributed by atoms with van der Waals surface area (Å²) in [5.41, 5.74) is 2.15. The highest BCUT2D eigenvalue weighted by Crippen LogP contribution is 2.38. The maximum Gasteiger partial charge on any atom is 0.227 e. The number of aromatic nitrogens is 1. The zero-order chi connectivity index (χ0) is 16.8. The van der Waals surface area contributed by atoms with Gasteiger partial charge in [0.1, 0.15) is 0 Å². The summed E-state index contributed by atoms with van der Waals surface area (Å²) >= 11 is 0. The number of aliphatic hydroxyl groups is 1. The van der Waals surface area contributed by atoms with Crippen LogP contribution in [-0.4, -0.2) is 17.2 Å². The lowest BCUT2D eigenvalue weighted by atomic mass is 9.80. The Hall–Kier alpha value is -1.29. The van der Waals surface area contributed by atoms with Crippen LogP contribution in [0.2, 0.25) is 0 Å². The van der Waals surface area contributed by atoms with E-state index in [1.807, 2.05) is 6.92 Å². The van der Waals surface area contributed by atoms with Gasteiger partial charge in [0.05, 0.1) is 24.6 Å². The Morgan fingerprint density at radius 2 is 1.87 bits per heavy atom. The summed E-state index contributed by atoms with van der Waals surface area (Å²) in [5.74, 6) is 0.642. The number of fused-ring (bicyclic) bond motifs is 1. The van der Waals surface area contributed by atoms with Crippen molar-refractivity contribution in [3.8, 4) is 5.75 Å². The molecule has 1 aliphatic rings. The van der Waals surface area contributed by atoms with Gasteiger partial charge in [0, 0.05) is 5.56 Å². The van der Waals surface area contributed by atoms with Crippen molar-refractivity contribution in [3.05, 3.63) is 27.2 Å². The second-order valence-electron chi connectivity index (χ2n) is 6.79. The van der Waals surface area contributed by atoms with Gasteiger partial charge in [0.15, 0.2) is 5.75 Å². The highest BCUT2D eigenvalue weighted by Gasteiger charge is 2.30. The zero-order valence-electron chi connectivity index (χ0n) is 14.8. The Kier molecular flexibility index (Phi) is 6.70. The van der Waals surface area contributed by atoms with Crippen molar-refractivity contribution in [2.75, 3.05) is 7.11 Å². The molecular weight excluding hydrogens is 290 g/mol. The summed E-state index contributed by atoms with van der Waals surface area (Å²) in [4.78, 5) is 16.0. The number of aromatic amines is 1. The first kappa shape index (κ1) is 18.1. The van der Waals surface area contributed by atoms with Gasteiger partial charge >= 0.3 is 0 Å². The first-order chi connectivity index (χ1) is 11.1. The van der Waals surface area contributed by atoms with Crippen molar-refractivity contribution in [1.29, 1.82) is 0 Å². The number of pyridine rings is 1. The van der Waals surface area contributed by atoms with Crippen LogP contribution in [0.25, 0.3) is 0 Å². The van der Waals surface area contributed by atoms with Crippen molar-refractivity contribution in [2.45, 2.75) is 83.7 Å². The fourth-order valence-corrected chi connectivity index (χ4v) is 3.76. The van der Waals surface area contributed by atoms with E-state index in [9.17, 15) is 9.90 Å². The number of rotatable bonds is 8. The zero-order valence-corrected chi connectivity index (χ0v) is 14.8. The predicted octanol–water partition coefficient (Wildman–Crippen LogP) is 4.35. The molecular formula is C19H31NO3. The Morgan fingerprint density at radius 3 is 2.57 bits per heavy atom. The molecule has 1 aliphatic carbocycles. The standard InChI is InChI=1S/C19H31NO3/c1-4-5-6-7-8-9-10-14-11-12-15(21)17-16(14)18(22)19(23-3)13(2)20-17/h14-15,21H,4-12H2,1-3H3,(H,20,22)/t14-,15+/m0/s1. The SMILES string of the molecule is CCCCCCCC[C@H]1CC[C@@H](O)c2[nH]c(C)c(OC)c(=O)c21. The summed E-state index contributed by atoms with van der Waals surface area (Å²) in [6, 6.07) is 0. The third kappa shape index (κ3) is 4.17. The van der Waals surface area contributed by atoms with Gasteiger partial charge in [0.2, 0.25) is 5.43 Å². The molecule has 1 aromatic rings. The van der Waals surface area contributed by atoms with Gasteiger partial charge in [-0.15, -0.1) is 0 Å². The second kappa shape index (κ2) is 8.53. The molecule has 2 rings (SSSR count). The minimum atomic E-state index is -0.553. The maximum atomic E-state index is 12.7. The molecule has 0 unspecified atom stereocenters. The largest absolute Gasteiger partial charge is 0.491 e.